The summed E-state index contributed by atoms with van der Waals surface area (Å²) in [6.45, 7) is 11.1. The van der Waals surface area contributed by atoms with Crippen molar-refractivity contribution in [3.8, 4) is 0 Å². The molecule has 0 bridgehead atoms. The van der Waals surface area contributed by atoms with E-state index in [-0.39, 0.29) is 29.4 Å². The number of benzene rings is 1. The Morgan fingerprint density at radius 3 is 2.48 bits per heavy atom. The van der Waals surface area contributed by atoms with E-state index in [1.807, 2.05) is 51.1 Å². The van der Waals surface area contributed by atoms with Crippen LogP contribution in [0.1, 0.15) is 45.6 Å². The molecule has 0 radical (unpaired) electrons. The highest BCUT2D eigenvalue weighted by Gasteiger charge is 2.29. The van der Waals surface area contributed by atoms with Crippen molar-refractivity contribution in [2.75, 3.05) is 19.8 Å². The van der Waals surface area contributed by atoms with Crippen LogP contribution < -0.4 is 16.0 Å². The Labute approximate surface area is 196 Å². The van der Waals surface area contributed by atoms with E-state index < -0.39 is 18.2 Å². The molecule has 1 aromatic rings. The average Bonchev–Trinajstić information content (AvgIpc) is 3.29. The first kappa shape index (κ1) is 26.4. The van der Waals surface area contributed by atoms with Gasteiger partial charge in [0.1, 0.15) is 12.1 Å². The third-order valence-electron chi connectivity index (χ3n) is 5.41. The standard InChI is InChI=1S/C25H37N3O5/c1-5-26-23(29)18(4)21(12-11-19-9-7-6-8-10-19)27-24(30)22(15-17(2)3)28-25(31)33-20-13-14-32-16-20/h6-10,17,20-22H,4-5,11-16H2,1-3H3,(H,26,29)(H,27,30)(H,28,31)/t20-,21-,22-/m0/s1. The van der Waals surface area contributed by atoms with Crippen LogP contribution in [0.3, 0.4) is 0 Å². The number of carbonyl (C=O) groups excluding carboxylic acids is 3. The lowest BCUT2D eigenvalue weighted by Crippen LogP contribution is -2.52. The second kappa shape index (κ2) is 13.6. The monoisotopic (exact) mass is 459 g/mol. The van der Waals surface area contributed by atoms with E-state index >= 15 is 0 Å². The summed E-state index contributed by atoms with van der Waals surface area (Å²) >= 11 is 0. The summed E-state index contributed by atoms with van der Waals surface area (Å²) in [7, 11) is 0. The van der Waals surface area contributed by atoms with Crippen molar-refractivity contribution in [1.82, 2.24) is 16.0 Å². The third-order valence-corrected chi connectivity index (χ3v) is 5.41. The van der Waals surface area contributed by atoms with Gasteiger partial charge in [-0.15, -0.1) is 0 Å². The van der Waals surface area contributed by atoms with Gasteiger partial charge in [0, 0.05) is 18.5 Å². The van der Waals surface area contributed by atoms with Gasteiger partial charge in [-0.1, -0.05) is 50.8 Å². The number of rotatable bonds is 12. The number of carbonyl (C=O) groups is 3. The first-order valence-electron chi connectivity index (χ1n) is 11.7. The molecule has 1 fully saturated rings. The van der Waals surface area contributed by atoms with Gasteiger partial charge in [-0.3, -0.25) is 9.59 Å². The van der Waals surface area contributed by atoms with Crippen molar-refractivity contribution in [2.24, 2.45) is 5.92 Å². The van der Waals surface area contributed by atoms with Gasteiger partial charge >= 0.3 is 6.09 Å². The minimum atomic E-state index is -0.791. The molecular formula is C25H37N3O5. The highest BCUT2D eigenvalue weighted by Crippen LogP contribution is 2.14. The molecule has 0 unspecified atom stereocenters. The molecule has 0 saturated carbocycles. The summed E-state index contributed by atoms with van der Waals surface area (Å²) in [6, 6.07) is 8.48. The molecular weight excluding hydrogens is 422 g/mol. The SMILES string of the molecule is C=C(C(=O)NCC)[C@H](CCc1ccccc1)NC(=O)[C@H](CC(C)C)NC(=O)O[C@H]1CCOC1. The van der Waals surface area contributed by atoms with Gasteiger partial charge in [0.2, 0.25) is 11.8 Å². The van der Waals surface area contributed by atoms with Gasteiger partial charge < -0.3 is 25.4 Å². The molecule has 1 heterocycles. The van der Waals surface area contributed by atoms with E-state index in [1.54, 1.807) is 0 Å². The number of hydrogen-bond donors (Lipinski definition) is 3. The van der Waals surface area contributed by atoms with Crippen LogP contribution in [0.2, 0.25) is 0 Å². The second-order valence-electron chi connectivity index (χ2n) is 8.69. The Morgan fingerprint density at radius 1 is 1.15 bits per heavy atom. The Morgan fingerprint density at radius 2 is 1.88 bits per heavy atom. The highest BCUT2D eigenvalue weighted by molar-refractivity contribution is 5.95. The van der Waals surface area contributed by atoms with Gasteiger partial charge in [0.25, 0.3) is 0 Å². The van der Waals surface area contributed by atoms with E-state index in [2.05, 4.69) is 22.5 Å². The molecule has 1 aliphatic heterocycles. The predicted molar refractivity (Wildman–Crippen MR) is 127 cm³/mol. The molecule has 0 spiro atoms. The van der Waals surface area contributed by atoms with Crippen LogP contribution in [0, 0.1) is 5.92 Å². The predicted octanol–water partition coefficient (Wildman–Crippen LogP) is 2.73. The molecule has 33 heavy (non-hydrogen) atoms. The average molecular weight is 460 g/mol. The first-order valence-corrected chi connectivity index (χ1v) is 11.7. The quantitative estimate of drug-likeness (QED) is 0.417. The van der Waals surface area contributed by atoms with Crippen molar-refractivity contribution in [1.29, 1.82) is 0 Å². The first-order chi connectivity index (χ1) is 15.8. The fourth-order valence-electron chi connectivity index (χ4n) is 3.63. The second-order valence-corrected chi connectivity index (χ2v) is 8.69. The number of amides is 3. The fourth-order valence-corrected chi connectivity index (χ4v) is 3.63. The molecule has 0 aliphatic carbocycles. The van der Waals surface area contributed by atoms with Crippen molar-refractivity contribution < 1.29 is 23.9 Å². The summed E-state index contributed by atoms with van der Waals surface area (Å²) in [5.41, 5.74) is 1.38. The zero-order valence-electron chi connectivity index (χ0n) is 19.9. The van der Waals surface area contributed by atoms with Crippen LogP contribution in [0.5, 0.6) is 0 Å². The van der Waals surface area contributed by atoms with Gasteiger partial charge in [-0.25, -0.2) is 4.79 Å². The summed E-state index contributed by atoms with van der Waals surface area (Å²) < 4.78 is 10.6. The molecule has 2 rings (SSSR count). The van der Waals surface area contributed by atoms with E-state index in [1.165, 1.54) is 0 Å². The van der Waals surface area contributed by atoms with E-state index in [0.29, 0.717) is 45.4 Å². The van der Waals surface area contributed by atoms with Crippen LogP contribution in [0.25, 0.3) is 0 Å². The van der Waals surface area contributed by atoms with Crippen LogP contribution in [-0.2, 0) is 25.5 Å². The van der Waals surface area contributed by atoms with Crippen LogP contribution >= 0.6 is 0 Å². The molecule has 8 nitrogen and oxygen atoms in total. The van der Waals surface area contributed by atoms with E-state index in [0.717, 1.165) is 5.56 Å². The Balaban J connectivity index is 2.07. The van der Waals surface area contributed by atoms with Crippen molar-refractivity contribution in [3.63, 3.8) is 0 Å². The lowest BCUT2D eigenvalue weighted by molar-refractivity contribution is -0.124. The van der Waals surface area contributed by atoms with Gasteiger partial charge in [0.15, 0.2) is 0 Å². The number of ether oxygens (including phenoxy) is 2. The maximum atomic E-state index is 13.2. The zero-order chi connectivity index (χ0) is 24.2. The van der Waals surface area contributed by atoms with E-state index in [4.69, 9.17) is 9.47 Å². The van der Waals surface area contributed by atoms with Crippen LogP contribution in [-0.4, -0.2) is 55.9 Å². The molecule has 8 heteroatoms. The molecule has 1 aromatic carbocycles. The zero-order valence-corrected chi connectivity index (χ0v) is 19.9. The van der Waals surface area contributed by atoms with Gasteiger partial charge in [-0.05, 0) is 37.7 Å². The summed E-state index contributed by atoms with van der Waals surface area (Å²) in [5, 5.41) is 8.36. The number of alkyl carbamates (subject to hydrolysis) is 1. The minimum absolute atomic E-state index is 0.158. The largest absolute Gasteiger partial charge is 0.444 e. The van der Waals surface area contributed by atoms with Crippen LogP contribution in [0.15, 0.2) is 42.5 Å². The van der Waals surface area contributed by atoms with Crippen molar-refractivity contribution in [3.05, 3.63) is 48.0 Å². The summed E-state index contributed by atoms with van der Waals surface area (Å²) in [6.07, 6.45) is 1.29. The molecule has 1 aliphatic rings. The summed E-state index contributed by atoms with van der Waals surface area (Å²) in [4.78, 5) is 38.0. The normalized spacial score (nSPS) is 17.2. The molecule has 0 aromatic heterocycles. The molecule has 182 valence electrons. The Hall–Kier alpha value is -2.87. The molecule has 3 atom stereocenters. The number of hydrogen-bond acceptors (Lipinski definition) is 5. The smallest absolute Gasteiger partial charge is 0.408 e. The number of aryl methyl sites for hydroxylation is 1. The lowest BCUT2D eigenvalue weighted by atomic mass is 9.97. The topological polar surface area (TPSA) is 106 Å². The van der Waals surface area contributed by atoms with Crippen molar-refractivity contribution >= 4 is 17.9 Å². The van der Waals surface area contributed by atoms with Crippen LogP contribution in [0.4, 0.5) is 4.79 Å². The fraction of sp³-hybridized carbons (Fsp3) is 0.560. The third kappa shape index (κ3) is 9.26. The Bertz CT molecular complexity index is 790. The van der Waals surface area contributed by atoms with Gasteiger partial charge in [-0.2, -0.15) is 0 Å². The molecule has 3 amide bonds. The minimum Gasteiger partial charge on any atom is -0.444 e. The number of nitrogens with one attached hydrogen (secondary N) is 3. The van der Waals surface area contributed by atoms with E-state index in [9.17, 15) is 14.4 Å². The Kier molecular flexibility index (Phi) is 10.9. The molecule has 1 saturated heterocycles. The summed E-state index contributed by atoms with van der Waals surface area (Å²) in [5.74, 6) is -0.512. The van der Waals surface area contributed by atoms with Gasteiger partial charge in [0.05, 0.1) is 19.3 Å². The maximum absolute atomic E-state index is 13.2. The highest BCUT2D eigenvalue weighted by atomic mass is 16.6. The number of likely N-dealkylation sites (N-methyl/N-ethyl adjacent to an activating group) is 1. The van der Waals surface area contributed by atoms with Crippen molar-refractivity contribution in [2.45, 2.75) is 64.6 Å². The lowest BCUT2D eigenvalue weighted by Gasteiger charge is -2.26. The molecule has 3 N–H and O–H groups in total. The maximum Gasteiger partial charge on any atom is 0.408 e.